The fourth-order valence-electron chi connectivity index (χ4n) is 1.58. The number of ether oxygens (including phenoxy) is 1. The summed E-state index contributed by atoms with van der Waals surface area (Å²) in [5, 5.41) is 3.30. The summed E-state index contributed by atoms with van der Waals surface area (Å²) in [5.74, 6) is 1.32. The number of benzene rings is 1. The molecule has 0 saturated carbocycles. The summed E-state index contributed by atoms with van der Waals surface area (Å²) in [6.45, 7) is 2.09. The lowest BCUT2D eigenvalue weighted by Gasteiger charge is -2.14. The first kappa shape index (κ1) is 11.4. The smallest absolute Gasteiger partial charge is 0.218 e. The Labute approximate surface area is 101 Å². The van der Waals surface area contributed by atoms with E-state index in [0.29, 0.717) is 5.88 Å². The molecule has 0 radical (unpaired) electrons. The van der Waals surface area contributed by atoms with Crippen LogP contribution in [0.1, 0.15) is 18.5 Å². The average Bonchev–Trinajstić information content (AvgIpc) is 2.40. The first-order chi connectivity index (χ1) is 8.29. The van der Waals surface area contributed by atoms with Gasteiger partial charge < -0.3 is 10.1 Å². The van der Waals surface area contributed by atoms with Gasteiger partial charge in [-0.15, -0.1) is 0 Å². The number of hydrogen-bond acceptors (Lipinski definition) is 4. The molecule has 1 N–H and O–H groups in total. The van der Waals surface area contributed by atoms with Crippen LogP contribution in [0.25, 0.3) is 0 Å². The van der Waals surface area contributed by atoms with Crippen molar-refractivity contribution >= 4 is 5.82 Å². The molecular formula is C13H15N3O. The van der Waals surface area contributed by atoms with Crippen molar-refractivity contribution in [2.45, 2.75) is 13.0 Å². The summed E-state index contributed by atoms with van der Waals surface area (Å²) in [7, 11) is 1.59. The molecule has 0 saturated heterocycles. The molecule has 2 rings (SSSR count). The van der Waals surface area contributed by atoms with Crippen molar-refractivity contribution in [2.75, 3.05) is 12.4 Å². The Hall–Kier alpha value is -2.10. The normalized spacial score (nSPS) is 11.9. The second-order valence-corrected chi connectivity index (χ2v) is 3.72. The Kier molecular flexibility index (Phi) is 3.55. The second kappa shape index (κ2) is 5.30. The number of rotatable bonds is 4. The van der Waals surface area contributed by atoms with Gasteiger partial charge in [-0.1, -0.05) is 30.3 Å². The molecule has 0 spiro atoms. The van der Waals surface area contributed by atoms with Gasteiger partial charge in [0.15, 0.2) is 0 Å². The first-order valence-corrected chi connectivity index (χ1v) is 5.47. The fraction of sp³-hybridized carbons (Fsp3) is 0.231. The molecule has 0 fully saturated rings. The highest BCUT2D eigenvalue weighted by molar-refractivity contribution is 5.40. The molecule has 0 bridgehead atoms. The van der Waals surface area contributed by atoms with E-state index in [1.54, 1.807) is 13.2 Å². The lowest BCUT2D eigenvalue weighted by Crippen LogP contribution is -2.08. The Balaban J connectivity index is 2.10. The van der Waals surface area contributed by atoms with Crippen molar-refractivity contribution < 1.29 is 4.74 Å². The molecule has 0 amide bonds. The number of nitrogens with one attached hydrogen (secondary N) is 1. The van der Waals surface area contributed by atoms with Gasteiger partial charge in [-0.05, 0) is 12.5 Å². The molecule has 0 aliphatic heterocycles. The van der Waals surface area contributed by atoms with E-state index in [0.717, 1.165) is 5.82 Å². The fourth-order valence-corrected chi connectivity index (χ4v) is 1.58. The van der Waals surface area contributed by atoms with E-state index in [1.165, 1.54) is 11.9 Å². The molecule has 2 aromatic rings. The van der Waals surface area contributed by atoms with Gasteiger partial charge in [0, 0.05) is 12.1 Å². The van der Waals surface area contributed by atoms with Crippen LogP contribution in [0.4, 0.5) is 5.82 Å². The van der Waals surface area contributed by atoms with Gasteiger partial charge in [-0.2, -0.15) is 0 Å². The van der Waals surface area contributed by atoms with E-state index in [4.69, 9.17) is 4.74 Å². The zero-order valence-corrected chi connectivity index (χ0v) is 9.92. The predicted octanol–water partition coefficient (Wildman–Crippen LogP) is 2.66. The summed E-state index contributed by atoms with van der Waals surface area (Å²) >= 11 is 0. The van der Waals surface area contributed by atoms with E-state index in [9.17, 15) is 0 Å². The largest absolute Gasteiger partial charge is 0.481 e. The van der Waals surface area contributed by atoms with E-state index < -0.39 is 0 Å². The average molecular weight is 229 g/mol. The summed E-state index contributed by atoms with van der Waals surface area (Å²) in [6.07, 6.45) is 1.48. The van der Waals surface area contributed by atoms with Crippen LogP contribution in [0, 0.1) is 0 Å². The minimum atomic E-state index is 0.191. The van der Waals surface area contributed by atoms with Gasteiger partial charge in [0.1, 0.15) is 12.1 Å². The molecule has 1 aromatic carbocycles. The van der Waals surface area contributed by atoms with Gasteiger partial charge in [0.05, 0.1) is 7.11 Å². The highest BCUT2D eigenvalue weighted by Crippen LogP contribution is 2.18. The molecule has 17 heavy (non-hydrogen) atoms. The van der Waals surface area contributed by atoms with Crippen LogP contribution in [0.5, 0.6) is 5.88 Å². The molecular weight excluding hydrogens is 214 g/mol. The lowest BCUT2D eigenvalue weighted by molar-refractivity contribution is 0.397. The van der Waals surface area contributed by atoms with Crippen LogP contribution in [0.3, 0.4) is 0 Å². The summed E-state index contributed by atoms with van der Waals surface area (Å²) in [4.78, 5) is 8.12. The van der Waals surface area contributed by atoms with Crippen LogP contribution in [0.2, 0.25) is 0 Å². The van der Waals surface area contributed by atoms with Crippen molar-refractivity contribution in [1.82, 2.24) is 9.97 Å². The first-order valence-electron chi connectivity index (χ1n) is 5.47. The second-order valence-electron chi connectivity index (χ2n) is 3.72. The summed E-state index contributed by atoms with van der Waals surface area (Å²) in [5.41, 5.74) is 1.21. The lowest BCUT2D eigenvalue weighted by atomic mass is 10.1. The highest BCUT2D eigenvalue weighted by atomic mass is 16.5. The van der Waals surface area contributed by atoms with Gasteiger partial charge >= 0.3 is 0 Å². The van der Waals surface area contributed by atoms with Crippen LogP contribution in [0.15, 0.2) is 42.7 Å². The number of methoxy groups -OCH3 is 1. The van der Waals surface area contributed by atoms with Crippen LogP contribution in [-0.4, -0.2) is 17.1 Å². The molecule has 0 aliphatic rings. The molecule has 0 aliphatic carbocycles. The predicted molar refractivity (Wildman–Crippen MR) is 67.1 cm³/mol. The standard InChI is InChI=1S/C13H15N3O/c1-10(11-6-4-3-5-7-11)16-12-8-13(17-2)15-9-14-12/h3-10H,1-2H3,(H,14,15,16)/t10-/m0/s1. The quantitative estimate of drug-likeness (QED) is 0.875. The number of nitrogens with zero attached hydrogens (tertiary/aromatic N) is 2. The highest BCUT2D eigenvalue weighted by Gasteiger charge is 2.06. The Bertz CT molecular complexity index is 473. The van der Waals surface area contributed by atoms with Crippen molar-refractivity contribution in [3.63, 3.8) is 0 Å². The van der Waals surface area contributed by atoms with Crippen LogP contribution < -0.4 is 10.1 Å². The monoisotopic (exact) mass is 229 g/mol. The molecule has 1 atom stereocenters. The maximum absolute atomic E-state index is 5.05. The van der Waals surface area contributed by atoms with Gasteiger partial charge in [-0.25, -0.2) is 9.97 Å². The van der Waals surface area contributed by atoms with Crippen molar-refractivity contribution in [3.8, 4) is 5.88 Å². The molecule has 4 nitrogen and oxygen atoms in total. The van der Waals surface area contributed by atoms with E-state index in [1.807, 2.05) is 18.2 Å². The van der Waals surface area contributed by atoms with E-state index >= 15 is 0 Å². The zero-order chi connectivity index (χ0) is 12.1. The SMILES string of the molecule is COc1cc(N[C@@H](C)c2ccccc2)ncn1. The number of aromatic nitrogens is 2. The van der Waals surface area contributed by atoms with E-state index in [-0.39, 0.29) is 6.04 Å². The number of hydrogen-bond donors (Lipinski definition) is 1. The third kappa shape index (κ3) is 2.93. The van der Waals surface area contributed by atoms with Gasteiger partial charge in [-0.3, -0.25) is 0 Å². The molecule has 1 heterocycles. The number of anilines is 1. The Morgan fingerprint density at radius 3 is 2.65 bits per heavy atom. The maximum atomic E-state index is 5.05. The molecule has 88 valence electrons. The topological polar surface area (TPSA) is 47.0 Å². The molecule has 0 unspecified atom stereocenters. The van der Waals surface area contributed by atoms with Crippen molar-refractivity contribution in [3.05, 3.63) is 48.3 Å². The van der Waals surface area contributed by atoms with Crippen LogP contribution in [-0.2, 0) is 0 Å². The Morgan fingerprint density at radius 2 is 1.94 bits per heavy atom. The van der Waals surface area contributed by atoms with E-state index in [2.05, 4.69) is 34.3 Å². The van der Waals surface area contributed by atoms with Crippen LogP contribution >= 0.6 is 0 Å². The maximum Gasteiger partial charge on any atom is 0.218 e. The van der Waals surface area contributed by atoms with Gasteiger partial charge in [0.25, 0.3) is 0 Å². The summed E-state index contributed by atoms with van der Waals surface area (Å²) < 4.78 is 5.05. The molecule has 1 aromatic heterocycles. The summed E-state index contributed by atoms with van der Waals surface area (Å²) in [6, 6.07) is 12.2. The Morgan fingerprint density at radius 1 is 1.18 bits per heavy atom. The van der Waals surface area contributed by atoms with Crippen molar-refractivity contribution in [1.29, 1.82) is 0 Å². The third-order valence-electron chi connectivity index (χ3n) is 2.52. The third-order valence-corrected chi connectivity index (χ3v) is 2.52. The van der Waals surface area contributed by atoms with Crippen molar-refractivity contribution in [2.24, 2.45) is 0 Å². The van der Waals surface area contributed by atoms with Gasteiger partial charge in [0.2, 0.25) is 5.88 Å². The zero-order valence-electron chi connectivity index (χ0n) is 9.92. The molecule has 4 heteroatoms. The minimum absolute atomic E-state index is 0.191. The minimum Gasteiger partial charge on any atom is -0.481 e.